The van der Waals surface area contributed by atoms with E-state index in [4.69, 9.17) is 11.6 Å². The van der Waals surface area contributed by atoms with E-state index in [2.05, 4.69) is 29.7 Å². The lowest BCUT2D eigenvalue weighted by molar-refractivity contribution is -0.116. The van der Waals surface area contributed by atoms with Crippen molar-refractivity contribution in [2.75, 3.05) is 11.9 Å². The zero-order chi connectivity index (χ0) is 15.9. The minimum absolute atomic E-state index is 0.00251. The molecular weight excluding hydrogens is 296 g/mol. The number of carbonyl (C=O) groups is 1. The van der Waals surface area contributed by atoms with Crippen LogP contribution in [0.1, 0.15) is 23.1 Å². The van der Waals surface area contributed by atoms with Crippen LogP contribution in [0, 0.1) is 13.8 Å². The van der Waals surface area contributed by atoms with Gasteiger partial charge in [-0.25, -0.2) is 0 Å². The monoisotopic (exact) mass is 316 g/mol. The van der Waals surface area contributed by atoms with E-state index in [0.717, 1.165) is 17.8 Å². The number of halogens is 1. The van der Waals surface area contributed by atoms with Crippen LogP contribution in [-0.2, 0) is 11.3 Å². The second-order valence-electron chi connectivity index (χ2n) is 5.36. The van der Waals surface area contributed by atoms with Gasteiger partial charge in [-0.1, -0.05) is 35.9 Å². The molecule has 0 saturated carbocycles. The van der Waals surface area contributed by atoms with Crippen molar-refractivity contribution in [2.45, 2.75) is 26.8 Å². The number of amides is 1. The quantitative estimate of drug-likeness (QED) is 0.789. The van der Waals surface area contributed by atoms with Crippen LogP contribution in [0.4, 0.5) is 5.69 Å². The lowest BCUT2D eigenvalue weighted by atomic mass is 10.1. The SMILES string of the molecule is Cc1ccccc1CNCCC(=O)Nc1ccc(Cl)cc1C. The van der Waals surface area contributed by atoms with Gasteiger partial charge in [-0.2, -0.15) is 0 Å². The Labute approximate surface area is 136 Å². The molecule has 22 heavy (non-hydrogen) atoms. The van der Waals surface area contributed by atoms with Gasteiger partial charge in [0.1, 0.15) is 0 Å². The smallest absolute Gasteiger partial charge is 0.225 e. The molecule has 0 fully saturated rings. The highest BCUT2D eigenvalue weighted by Gasteiger charge is 2.05. The van der Waals surface area contributed by atoms with E-state index < -0.39 is 0 Å². The fraction of sp³-hybridized carbons (Fsp3) is 0.278. The Balaban J connectivity index is 1.75. The Bertz CT molecular complexity index is 655. The van der Waals surface area contributed by atoms with Crippen molar-refractivity contribution in [2.24, 2.45) is 0 Å². The zero-order valence-corrected chi connectivity index (χ0v) is 13.7. The molecule has 2 aromatic carbocycles. The first kappa shape index (κ1) is 16.5. The lowest BCUT2D eigenvalue weighted by Crippen LogP contribution is -2.22. The van der Waals surface area contributed by atoms with E-state index in [-0.39, 0.29) is 5.91 Å². The summed E-state index contributed by atoms with van der Waals surface area (Å²) >= 11 is 5.90. The van der Waals surface area contributed by atoms with Gasteiger partial charge in [0.15, 0.2) is 0 Å². The molecule has 0 aliphatic rings. The molecule has 0 aliphatic heterocycles. The predicted octanol–water partition coefficient (Wildman–Crippen LogP) is 4.08. The van der Waals surface area contributed by atoms with Crippen LogP contribution in [-0.4, -0.2) is 12.5 Å². The normalized spacial score (nSPS) is 10.5. The third-order valence-corrected chi connectivity index (χ3v) is 3.80. The topological polar surface area (TPSA) is 41.1 Å². The maximum absolute atomic E-state index is 11.9. The van der Waals surface area contributed by atoms with Crippen molar-refractivity contribution in [1.82, 2.24) is 5.32 Å². The van der Waals surface area contributed by atoms with Gasteiger partial charge < -0.3 is 10.6 Å². The summed E-state index contributed by atoms with van der Waals surface area (Å²) < 4.78 is 0. The first-order chi connectivity index (χ1) is 10.6. The molecule has 0 atom stereocenters. The molecule has 0 aliphatic carbocycles. The van der Waals surface area contributed by atoms with Crippen LogP contribution in [0.2, 0.25) is 5.02 Å². The maximum Gasteiger partial charge on any atom is 0.225 e. The molecule has 0 radical (unpaired) electrons. The highest BCUT2D eigenvalue weighted by Crippen LogP contribution is 2.19. The molecule has 116 valence electrons. The number of aryl methyl sites for hydroxylation is 2. The van der Waals surface area contributed by atoms with Gasteiger partial charge in [0, 0.05) is 30.2 Å². The van der Waals surface area contributed by atoms with Gasteiger partial charge >= 0.3 is 0 Å². The summed E-state index contributed by atoms with van der Waals surface area (Å²) in [5.41, 5.74) is 4.30. The van der Waals surface area contributed by atoms with Gasteiger partial charge in [-0.15, -0.1) is 0 Å². The third-order valence-electron chi connectivity index (χ3n) is 3.57. The van der Waals surface area contributed by atoms with Crippen molar-refractivity contribution < 1.29 is 4.79 Å². The molecule has 0 bridgehead atoms. The van der Waals surface area contributed by atoms with E-state index in [9.17, 15) is 4.79 Å². The summed E-state index contributed by atoms with van der Waals surface area (Å²) in [6.45, 7) is 5.44. The summed E-state index contributed by atoms with van der Waals surface area (Å²) in [5, 5.41) is 6.89. The highest BCUT2D eigenvalue weighted by atomic mass is 35.5. The molecule has 2 N–H and O–H groups in total. The van der Waals surface area contributed by atoms with Crippen molar-refractivity contribution in [3.8, 4) is 0 Å². The second-order valence-corrected chi connectivity index (χ2v) is 5.80. The van der Waals surface area contributed by atoms with Gasteiger partial charge in [0.25, 0.3) is 0 Å². The molecule has 0 unspecified atom stereocenters. The number of anilines is 1. The molecule has 0 spiro atoms. The van der Waals surface area contributed by atoms with Gasteiger partial charge in [-0.3, -0.25) is 4.79 Å². The van der Waals surface area contributed by atoms with E-state index in [0.29, 0.717) is 18.0 Å². The number of nitrogens with one attached hydrogen (secondary N) is 2. The Morgan fingerprint density at radius 3 is 2.59 bits per heavy atom. The van der Waals surface area contributed by atoms with Crippen LogP contribution >= 0.6 is 11.6 Å². The van der Waals surface area contributed by atoms with E-state index in [1.807, 2.05) is 31.2 Å². The minimum atomic E-state index is 0.00251. The van der Waals surface area contributed by atoms with Gasteiger partial charge in [0.05, 0.1) is 0 Å². The largest absolute Gasteiger partial charge is 0.326 e. The molecule has 2 rings (SSSR count). The second kappa shape index (κ2) is 7.97. The van der Waals surface area contributed by atoms with Crippen LogP contribution < -0.4 is 10.6 Å². The lowest BCUT2D eigenvalue weighted by Gasteiger charge is -2.10. The molecule has 0 heterocycles. The summed E-state index contributed by atoms with van der Waals surface area (Å²) in [7, 11) is 0. The van der Waals surface area contributed by atoms with E-state index in [1.165, 1.54) is 11.1 Å². The number of benzene rings is 2. The number of carbonyl (C=O) groups excluding carboxylic acids is 1. The fourth-order valence-electron chi connectivity index (χ4n) is 2.21. The molecule has 4 heteroatoms. The summed E-state index contributed by atoms with van der Waals surface area (Å²) in [6, 6.07) is 13.7. The molecule has 3 nitrogen and oxygen atoms in total. The van der Waals surface area contributed by atoms with Crippen molar-refractivity contribution in [3.05, 3.63) is 64.2 Å². The summed E-state index contributed by atoms with van der Waals surface area (Å²) in [6.07, 6.45) is 0.438. The van der Waals surface area contributed by atoms with E-state index >= 15 is 0 Å². The highest BCUT2D eigenvalue weighted by molar-refractivity contribution is 6.30. The number of hydrogen-bond acceptors (Lipinski definition) is 2. The first-order valence-electron chi connectivity index (χ1n) is 7.37. The fourth-order valence-corrected chi connectivity index (χ4v) is 2.44. The molecule has 0 aromatic heterocycles. The average Bonchev–Trinajstić information content (AvgIpc) is 2.48. The number of rotatable bonds is 6. The molecule has 0 saturated heterocycles. The van der Waals surface area contributed by atoms with Crippen molar-refractivity contribution in [3.63, 3.8) is 0 Å². The zero-order valence-electron chi connectivity index (χ0n) is 12.9. The summed E-state index contributed by atoms with van der Waals surface area (Å²) in [5.74, 6) is 0.00251. The first-order valence-corrected chi connectivity index (χ1v) is 7.75. The van der Waals surface area contributed by atoms with Crippen LogP contribution in [0.5, 0.6) is 0 Å². The Kier molecular flexibility index (Phi) is 5.99. The standard InChI is InChI=1S/C18H21ClN2O/c1-13-5-3-4-6-15(13)12-20-10-9-18(22)21-17-8-7-16(19)11-14(17)2/h3-8,11,20H,9-10,12H2,1-2H3,(H,21,22). The van der Waals surface area contributed by atoms with Crippen LogP contribution in [0.15, 0.2) is 42.5 Å². The maximum atomic E-state index is 11.9. The predicted molar refractivity (Wildman–Crippen MR) is 92.3 cm³/mol. The molecular formula is C18H21ClN2O. The molecule has 1 amide bonds. The minimum Gasteiger partial charge on any atom is -0.326 e. The number of hydrogen-bond donors (Lipinski definition) is 2. The van der Waals surface area contributed by atoms with Crippen LogP contribution in [0.3, 0.4) is 0 Å². The Morgan fingerprint density at radius 1 is 1.09 bits per heavy atom. The van der Waals surface area contributed by atoms with Crippen molar-refractivity contribution in [1.29, 1.82) is 0 Å². The average molecular weight is 317 g/mol. The Hall–Kier alpha value is -1.84. The van der Waals surface area contributed by atoms with Gasteiger partial charge in [0.2, 0.25) is 5.91 Å². The van der Waals surface area contributed by atoms with E-state index in [1.54, 1.807) is 6.07 Å². The summed E-state index contributed by atoms with van der Waals surface area (Å²) in [4.78, 5) is 11.9. The van der Waals surface area contributed by atoms with Crippen molar-refractivity contribution >= 4 is 23.2 Å². The van der Waals surface area contributed by atoms with Crippen LogP contribution in [0.25, 0.3) is 0 Å². The molecule has 2 aromatic rings. The van der Waals surface area contributed by atoms with Gasteiger partial charge in [-0.05, 0) is 48.7 Å². The Morgan fingerprint density at radius 2 is 1.86 bits per heavy atom. The third kappa shape index (κ3) is 4.86.